The largest absolute Gasteiger partial charge is 0.480 e. The Morgan fingerprint density at radius 2 is 2.26 bits per heavy atom. The summed E-state index contributed by atoms with van der Waals surface area (Å²) < 4.78 is 13.3. The van der Waals surface area contributed by atoms with Gasteiger partial charge >= 0.3 is 5.97 Å². The summed E-state index contributed by atoms with van der Waals surface area (Å²) in [5.41, 5.74) is -0.526. The fourth-order valence-corrected chi connectivity index (χ4v) is 1.88. The summed E-state index contributed by atoms with van der Waals surface area (Å²) in [6.07, 6.45) is 0.904. The number of nitrogens with one attached hydrogen (secondary N) is 1. The lowest BCUT2D eigenvalue weighted by Gasteiger charge is -2.15. The maximum absolute atomic E-state index is 13.3. The number of hydrogen-bond acceptors (Lipinski definition) is 4. The summed E-state index contributed by atoms with van der Waals surface area (Å²) in [6.45, 7) is 1.80. The molecule has 0 amide bonds. The van der Waals surface area contributed by atoms with Crippen molar-refractivity contribution in [3.8, 4) is 0 Å². The van der Waals surface area contributed by atoms with E-state index in [1.54, 1.807) is 6.92 Å². The topological polar surface area (TPSA) is 92.5 Å². The Kier molecular flexibility index (Phi) is 5.22. The predicted molar refractivity (Wildman–Crippen MR) is 70.7 cm³/mol. The summed E-state index contributed by atoms with van der Waals surface area (Å²) in [5.74, 6) is -1.89. The average Bonchev–Trinajstić information content (AvgIpc) is 2.32. The first kappa shape index (κ1) is 15.4. The molecule has 1 rings (SSSR count). The Labute approximate surface area is 116 Å². The summed E-state index contributed by atoms with van der Waals surface area (Å²) in [7, 11) is 0. The Morgan fingerprint density at radius 3 is 2.74 bits per heavy atom. The number of halogens is 2. The van der Waals surface area contributed by atoms with Crippen LogP contribution in [0.15, 0.2) is 16.6 Å². The van der Waals surface area contributed by atoms with Crippen molar-refractivity contribution in [2.45, 2.75) is 25.8 Å². The number of aliphatic carboxylic acids is 1. The molecule has 0 heterocycles. The van der Waals surface area contributed by atoms with Gasteiger partial charge in [-0.05, 0) is 28.4 Å². The summed E-state index contributed by atoms with van der Waals surface area (Å²) in [6, 6.07) is 0.956. The number of carboxylic acid groups (broad SMARTS) is 1. The minimum absolute atomic E-state index is 0.0286. The van der Waals surface area contributed by atoms with Crippen LogP contribution in [0, 0.1) is 15.9 Å². The molecule has 0 aliphatic carbocycles. The fraction of sp³-hybridized carbons (Fsp3) is 0.364. The van der Waals surface area contributed by atoms with Crippen molar-refractivity contribution in [2.75, 3.05) is 5.32 Å². The second-order valence-corrected chi connectivity index (χ2v) is 4.72. The van der Waals surface area contributed by atoms with Crippen molar-refractivity contribution in [3.05, 3.63) is 32.5 Å². The number of carbonyl (C=O) groups is 1. The summed E-state index contributed by atoms with van der Waals surface area (Å²) in [4.78, 5) is 21.1. The smallest absolute Gasteiger partial charge is 0.326 e. The molecule has 0 saturated heterocycles. The van der Waals surface area contributed by atoms with Crippen molar-refractivity contribution in [2.24, 2.45) is 0 Å². The quantitative estimate of drug-likeness (QED) is 0.615. The highest BCUT2D eigenvalue weighted by Gasteiger charge is 2.23. The number of benzene rings is 1. The van der Waals surface area contributed by atoms with Crippen molar-refractivity contribution >= 4 is 33.3 Å². The van der Waals surface area contributed by atoms with Gasteiger partial charge in [0.25, 0.3) is 5.69 Å². The highest BCUT2D eigenvalue weighted by atomic mass is 79.9. The second-order valence-electron chi connectivity index (χ2n) is 3.86. The maximum Gasteiger partial charge on any atom is 0.326 e. The van der Waals surface area contributed by atoms with Gasteiger partial charge in [-0.1, -0.05) is 13.3 Å². The first-order valence-electron chi connectivity index (χ1n) is 5.49. The third kappa shape index (κ3) is 3.88. The molecule has 1 aromatic rings. The highest BCUT2D eigenvalue weighted by molar-refractivity contribution is 9.10. The second kappa shape index (κ2) is 6.46. The van der Waals surface area contributed by atoms with Gasteiger partial charge in [0, 0.05) is 0 Å². The van der Waals surface area contributed by atoms with Gasteiger partial charge in [0.2, 0.25) is 0 Å². The van der Waals surface area contributed by atoms with Crippen LogP contribution in [0.2, 0.25) is 0 Å². The molecule has 2 N–H and O–H groups in total. The molecule has 8 heteroatoms. The van der Waals surface area contributed by atoms with Crippen LogP contribution in [-0.4, -0.2) is 22.0 Å². The molecule has 0 aromatic heterocycles. The Bertz CT molecular complexity index is 510. The highest BCUT2D eigenvalue weighted by Crippen LogP contribution is 2.31. The lowest BCUT2D eigenvalue weighted by molar-refractivity contribution is -0.384. The third-order valence-electron chi connectivity index (χ3n) is 2.44. The van der Waals surface area contributed by atoms with Crippen LogP contribution in [-0.2, 0) is 4.79 Å². The van der Waals surface area contributed by atoms with Crippen molar-refractivity contribution in [1.29, 1.82) is 0 Å². The van der Waals surface area contributed by atoms with E-state index < -0.39 is 28.4 Å². The van der Waals surface area contributed by atoms with Gasteiger partial charge in [0.1, 0.15) is 17.5 Å². The monoisotopic (exact) mass is 334 g/mol. The van der Waals surface area contributed by atoms with Crippen molar-refractivity contribution in [3.63, 3.8) is 0 Å². The predicted octanol–water partition coefficient (Wildman–Crippen LogP) is 3.16. The van der Waals surface area contributed by atoms with E-state index in [-0.39, 0.29) is 10.2 Å². The Hall–Kier alpha value is -1.70. The number of nitrogens with zero attached hydrogens (tertiary/aromatic N) is 1. The number of nitro benzene ring substituents is 1. The zero-order valence-corrected chi connectivity index (χ0v) is 11.6. The molecule has 0 saturated carbocycles. The summed E-state index contributed by atoms with van der Waals surface area (Å²) in [5, 5.41) is 22.4. The molecule has 1 atom stereocenters. The molecule has 0 aliphatic heterocycles. The molecule has 0 spiro atoms. The number of carboxylic acids is 1. The van der Waals surface area contributed by atoms with Gasteiger partial charge in [0.05, 0.1) is 15.5 Å². The number of rotatable bonds is 6. The van der Waals surface area contributed by atoms with Gasteiger partial charge in [-0.15, -0.1) is 0 Å². The zero-order valence-electron chi connectivity index (χ0n) is 10.0. The number of anilines is 1. The van der Waals surface area contributed by atoms with E-state index in [9.17, 15) is 19.3 Å². The lowest BCUT2D eigenvalue weighted by atomic mass is 10.1. The first-order chi connectivity index (χ1) is 8.86. The summed E-state index contributed by atoms with van der Waals surface area (Å²) >= 11 is 2.91. The Morgan fingerprint density at radius 1 is 1.63 bits per heavy atom. The van der Waals surface area contributed by atoms with Crippen LogP contribution < -0.4 is 5.32 Å². The molecule has 1 unspecified atom stereocenters. The number of hydrogen-bond donors (Lipinski definition) is 2. The SMILES string of the molecule is CCCC(Nc1cc(Br)c(F)cc1[N+](=O)[O-])C(=O)O. The molecule has 0 fully saturated rings. The Balaban J connectivity index is 3.14. The van der Waals surface area contributed by atoms with Crippen LogP contribution in [0.25, 0.3) is 0 Å². The molecular weight excluding hydrogens is 323 g/mol. The van der Waals surface area contributed by atoms with E-state index in [4.69, 9.17) is 5.11 Å². The first-order valence-corrected chi connectivity index (χ1v) is 6.28. The van der Waals surface area contributed by atoms with Crippen LogP contribution in [0.3, 0.4) is 0 Å². The maximum atomic E-state index is 13.3. The van der Waals surface area contributed by atoms with Gasteiger partial charge in [-0.3, -0.25) is 10.1 Å². The fourth-order valence-electron chi connectivity index (χ4n) is 1.54. The standard InChI is InChI=1S/C11H12BrFN2O4/c1-2-3-8(11(16)17)14-9-4-6(12)7(13)5-10(9)15(18)19/h4-5,8,14H,2-3H2,1H3,(H,16,17). The van der Waals surface area contributed by atoms with Gasteiger partial charge in [-0.2, -0.15) is 0 Å². The molecule has 0 bridgehead atoms. The molecule has 1 aromatic carbocycles. The molecule has 19 heavy (non-hydrogen) atoms. The molecule has 0 aliphatic rings. The van der Waals surface area contributed by atoms with Crippen LogP contribution >= 0.6 is 15.9 Å². The van der Waals surface area contributed by atoms with E-state index >= 15 is 0 Å². The van der Waals surface area contributed by atoms with Gasteiger partial charge in [0.15, 0.2) is 0 Å². The molecule has 6 nitrogen and oxygen atoms in total. The third-order valence-corrected chi connectivity index (χ3v) is 3.05. The van der Waals surface area contributed by atoms with E-state index in [0.717, 1.165) is 6.07 Å². The van der Waals surface area contributed by atoms with E-state index in [0.29, 0.717) is 12.8 Å². The normalized spacial score (nSPS) is 11.9. The van der Waals surface area contributed by atoms with E-state index in [1.807, 2.05) is 0 Å². The van der Waals surface area contributed by atoms with E-state index in [2.05, 4.69) is 21.2 Å². The van der Waals surface area contributed by atoms with Crippen LogP contribution in [0.4, 0.5) is 15.8 Å². The minimum Gasteiger partial charge on any atom is -0.480 e. The molecule has 104 valence electrons. The molecule has 0 radical (unpaired) electrons. The van der Waals surface area contributed by atoms with Crippen LogP contribution in [0.1, 0.15) is 19.8 Å². The van der Waals surface area contributed by atoms with Gasteiger partial charge in [-0.25, -0.2) is 9.18 Å². The lowest BCUT2D eigenvalue weighted by Crippen LogP contribution is -2.29. The average molecular weight is 335 g/mol. The van der Waals surface area contributed by atoms with Crippen molar-refractivity contribution in [1.82, 2.24) is 0 Å². The number of nitro groups is 1. The van der Waals surface area contributed by atoms with E-state index in [1.165, 1.54) is 6.07 Å². The van der Waals surface area contributed by atoms with Gasteiger partial charge < -0.3 is 10.4 Å². The van der Waals surface area contributed by atoms with Crippen LogP contribution in [0.5, 0.6) is 0 Å². The minimum atomic E-state index is -1.11. The van der Waals surface area contributed by atoms with Crippen molar-refractivity contribution < 1.29 is 19.2 Å². The zero-order chi connectivity index (χ0) is 14.6. The molecular formula is C11H12BrFN2O4.